The number of allylic oxidation sites excluding steroid dienone is 1. The summed E-state index contributed by atoms with van der Waals surface area (Å²) in [4.78, 5) is 17.5. The number of thioether (sulfide) groups is 1. The molecule has 0 radical (unpaired) electrons. The van der Waals surface area contributed by atoms with Gasteiger partial charge in [0, 0.05) is 9.93 Å². The van der Waals surface area contributed by atoms with Crippen molar-refractivity contribution in [2.75, 3.05) is 0 Å². The van der Waals surface area contributed by atoms with Gasteiger partial charge in [-0.2, -0.15) is 13.2 Å². The standard InChI is InChI=1S/C29H32ClF3N2O2S/c1-7-8-22(17(4)36)27(29(31,32)33)38-18(5)24-14-26-25(13-23(24)16(2)3)28(37)35(19(6)34-26)15-20-9-11-21(30)12-10-20/h9-14,16-17,36H,5,7-8,15H2,1-4,6H3/b27-22+. The van der Waals surface area contributed by atoms with Gasteiger partial charge in [-0.3, -0.25) is 9.36 Å². The van der Waals surface area contributed by atoms with Crippen LogP contribution in [0.3, 0.4) is 0 Å². The quantitative estimate of drug-likeness (QED) is 0.284. The summed E-state index contributed by atoms with van der Waals surface area (Å²) in [5, 5.41) is 11.1. The summed E-state index contributed by atoms with van der Waals surface area (Å²) in [5.41, 5.74) is 2.19. The fraction of sp³-hybridized carbons (Fsp3) is 0.379. The highest BCUT2D eigenvalue weighted by atomic mass is 35.5. The molecule has 0 aliphatic heterocycles. The van der Waals surface area contributed by atoms with Crippen molar-refractivity contribution in [3.63, 3.8) is 0 Å². The van der Waals surface area contributed by atoms with Crippen molar-refractivity contribution in [1.82, 2.24) is 9.55 Å². The van der Waals surface area contributed by atoms with E-state index in [9.17, 15) is 23.1 Å². The monoisotopic (exact) mass is 564 g/mol. The molecule has 0 spiro atoms. The highest BCUT2D eigenvalue weighted by molar-refractivity contribution is 8.11. The Morgan fingerprint density at radius 2 is 1.82 bits per heavy atom. The van der Waals surface area contributed by atoms with Crippen LogP contribution in [0, 0.1) is 6.92 Å². The fourth-order valence-electron chi connectivity index (χ4n) is 4.34. The lowest BCUT2D eigenvalue weighted by molar-refractivity contribution is -0.0852. The molecule has 1 atom stereocenters. The number of benzene rings is 2. The second-order valence-electron chi connectivity index (χ2n) is 9.59. The predicted octanol–water partition coefficient (Wildman–Crippen LogP) is 8.23. The smallest absolute Gasteiger partial charge is 0.389 e. The van der Waals surface area contributed by atoms with Gasteiger partial charge in [-0.15, -0.1) is 0 Å². The SMILES string of the molecule is C=C(S/C(=C(\CCC)C(C)O)C(F)(F)F)c1cc2nc(C)n(Cc3ccc(Cl)cc3)c(=O)c2cc1C(C)C. The van der Waals surface area contributed by atoms with Crippen LogP contribution in [0.5, 0.6) is 0 Å². The number of aliphatic hydroxyl groups excluding tert-OH is 1. The second-order valence-corrected chi connectivity index (χ2v) is 11.1. The Morgan fingerprint density at radius 3 is 2.34 bits per heavy atom. The zero-order valence-electron chi connectivity index (χ0n) is 22.1. The average Bonchev–Trinajstić information content (AvgIpc) is 2.83. The molecule has 3 rings (SSSR count). The molecule has 0 saturated carbocycles. The van der Waals surface area contributed by atoms with E-state index in [1.54, 1.807) is 42.7 Å². The van der Waals surface area contributed by atoms with Crippen molar-refractivity contribution in [3.8, 4) is 0 Å². The van der Waals surface area contributed by atoms with Crippen molar-refractivity contribution in [2.24, 2.45) is 0 Å². The number of aryl methyl sites for hydroxylation is 1. The summed E-state index contributed by atoms with van der Waals surface area (Å²) in [7, 11) is 0. The van der Waals surface area contributed by atoms with Crippen molar-refractivity contribution in [3.05, 3.63) is 91.3 Å². The minimum Gasteiger partial charge on any atom is -0.389 e. The molecule has 0 aliphatic carbocycles. The Bertz CT molecular complexity index is 1420. The number of hydrogen-bond acceptors (Lipinski definition) is 4. The van der Waals surface area contributed by atoms with Gasteiger partial charge in [-0.25, -0.2) is 4.98 Å². The van der Waals surface area contributed by atoms with Gasteiger partial charge in [0.05, 0.1) is 28.5 Å². The summed E-state index contributed by atoms with van der Waals surface area (Å²) in [6, 6.07) is 10.6. The van der Waals surface area contributed by atoms with E-state index in [4.69, 9.17) is 11.6 Å². The number of hydrogen-bond donors (Lipinski definition) is 1. The van der Waals surface area contributed by atoms with Gasteiger partial charge in [-0.1, -0.05) is 69.3 Å². The molecule has 0 bridgehead atoms. The number of nitrogens with zero attached hydrogens (tertiary/aromatic N) is 2. The molecular formula is C29H32ClF3N2O2S. The van der Waals surface area contributed by atoms with Crippen LogP contribution in [0.15, 0.2) is 58.2 Å². The van der Waals surface area contributed by atoms with Gasteiger partial charge >= 0.3 is 6.18 Å². The second kappa shape index (κ2) is 12.1. The van der Waals surface area contributed by atoms with E-state index in [-0.39, 0.29) is 28.4 Å². The van der Waals surface area contributed by atoms with Crippen molar-refractivity contribution >= 4 is 39.2 Å². The molecule has 0 aliphatic rings. The lowest BCUT2D eigenvalue weighted by Gasteiger charge is -2.22. The van der Waals surface area contributed by atoms with E-state index in [0.717, 1.165) is 5.56 Å². The van der Waals surface area contributed by atoms with Gasteiger partial charge in [-0.05, 0) is 72.7 Å². The molecule has 1 heterocycles. The van der Waals surface area contributed by atoms with E-state index >= 15 is 0 Å². The van der Waals surface area contributed by atoms with Crippen molar-refractivity contribution in [1.29, 1.82) is 0 Å². The number of halogens is 4. The Balaban J connectivity index is 2.14. The Morgan fingerprint density at radius 1 is 1.18 bits per heavy atom. The Kier molecular flexibility index (Phi) is 9.55. The maximum absolute atomic E-state index is 14.1. The Hall–Kier alpha value is -2.55. The van der Waals surface area contributed by atoms with Crippen LogP contribution in [0.25, 0.3) is 15.8 Å². The maximum atomic E-state index is 14.1. The van der Waals surface area contributed by atoms with Gasteiger partial charge in [0.15, 0.2) is 0 Å². The summed E-state index contributed by atoms with van der Waals surface area (Å²) in [6.07, 6.45) is -5.30. The highest BCUT2D eigenvalue weighted by Crippen LogP contribution is 2.46. The van der Waals surface area contributed by atoms with Gasteiger partial charge in [0.1, 0.15) is 5.82 Å². The van der Waals surface area contributed by atoms with E-state index in [0.29, 0.717) is 57.6 Å². The molecular weight excluding hydrogens is 533 g/mol. The molecule has 2 aromatic carbocycles. The largest absolute Gasteiger partial charge is 0.422 e. The van der Waals surface area contributed by atoms with Crippen LogP contribution in [-0.4, -0.2) is 26.9 Å². The number of aliphatic hydroxyl groups is 1. The lowest BCUT2D eigenvalue weighted by atomic mass is 9.95. The van der Waals surface area contributed by atoms with E-state index in [1.165, 1.54) is 6.92 Å². The van der Waals surface area contributed by atoms with Crippen LogP contribution in [-0.2, 0) is 6.54 Å². The zero-order chi connectivity index (χ0) is 28.4. The third-order valence-electron chi connectivity index (χ3n) is 6.29. The predicted molar refractivity (Wildman–Crippen MR) is 152 cm³/mol. The summed E-state index contributed by atoms with van der Waals surface area (Å²) >= 11 is 6.49. The number of fused-ring (bicyclic) bond motifs is 1. The average molecular weight is 565 g/mol. The summed E-state index contributed by atoms with van der Waals surface area (Å²) < 4.78 is 43.9. The zero-order valence-corrected chi connectivity index (χ0v) is 23.7. The minimum atomic E-state index is -4.64. The number of rotatable bonds is 9. The molecule has 0 saturated heterocycles. The van der Waals surface area contributed by atoms with Crippen LogP contribution in [0.1, 0.15) is 69.0 Å². The van der Waals surface area contributed by atoms with Crippen LogP contribution < -0.4 is 5.56 Å². The molecule has 1 N–H and O–H groups in total. The lowest BCUT2D eigenvalue weighted by Crippen LogP contribution is -2.24. The molecule has 0 amide bonds. The molecule has 38 heavy (non-hydrogen) atoms. The van der Waals surface area contributed by atoms with Crippen LogP contribution >= 0.6 is 23.4 Å². The third-order valence-corrected chi connectivity index (χ3v) is 7.71. The first-order valence-corrected chi connectivity index (χ1v) is 13.6. The maximum Gasteiger partial charge on any atom is 0.422 e. The molecule has 0 fully saturated rings. The first-order chi connectivity index (χ1) is 17.7. The molecule has 3 aromatic rings. The van der Waals surface area contributed by atoms with Crippen LogP contribution in [0.4, 0.5) is 13.2 Å². The number of aromatic nitrogens is 2. The topological polar surface area (TPSA) is 55.1 Å². The molecule has 9 heteroatoms. The van der Waals surface area contributed by atoms with Crippen molar-refractivity contribution < 1.29 is 18.3 Å². The van der Waals surface area contributed by atoms with Gasteiger partial charge in [0.25, 0.3) is 5.56 Å². The van der Waals surface area contributed by atoms with Crippen LogP contribution in [0.2, 0.25) is 5.02 Å². The number of alkyl halides is 3. The minimum absolute atomic E-state index is 0.0582. The van der Waals surface area contributed by atoms with E-state index in [1.807, 2.05) is 26.0 Å². The molecule has 4 nitrogen and oxygen atoms in total. The van der Waals surface area contributed by atoms with Crippen molar-refractivity contribution in [2.45, 2.75) is 72.2 Å². The van der Waals surface area contributed by atoms with E-state index < -0.39 is 17.2 Å². The van der Waals surface area contributed by atoms with Gasteiger partial charge in [0.2, 0.25) is 0 Å². The summed E-state index contributed by atoms with van der Waals surface area (Å²) in [6.45, 7) is 13.0. The normalized spacial score (nSPS) is 13.7. The fourth-order valence-corrected chi connectivity index (χ4v) is 5.52. The van der Waals surface area contributed by atoms with E-state index in [2.05, 4.69) is 11.6 Å². The first kappa shape index (κ1) is 30.0. The van der Waals surface area contributed by atoms with Gasteiger partial charge < -0.3 is 5.11 Å². The first-order valence-electron chi connectivity index (χ1n) is 12.4. The molecule has 204 valence electrons. The molecule has 1 unspecified atom stereocenters. The molecule has 1 aromatic heterocycles. The Labute approximate surface area is 230 Å². The summed E-state index contributed by atoms with van der Waals surface area (Å²) in [5.74, 6) is 0.386. The highest BCUT2D eigenvalue weighted by Gasteiger charge is 2.38. The third kappa shape index (κ3) is 6.71.